The molecule has 138 valence electrons. The van der Waals surface area contributed by atoms with Gasteiger partial charge in [-0.2, -0.15) is 4.98 Å². The fourth-order valence-electron chi connectivity index (χ4n) is 2.98. The molecule has 8 heteroatoms. The van der Waals surface area contributed by atoms with E-state index < -0.39 is 5.82 Å². The molecule has 0 bridgehead atoms. The minimum absolute atomic E-state index is 0.117. The van der Waals surface area contributed by atoms with E-state index in [9.17, 15) is 9.18 Å². The highest BCUT2D eigenvalue weighted by atomic mass is 35.5. The Morgan fingerprint density at radius 1 is 1.07 bits per heavy atom. The minimum atomic E-state index is -0.466. The van der Waals surface area contributed by atoms with E-state index in [1.54, 1.807) is 4.90 Å². The maximum absolute atomic E-state index is 13.2. The van der Waals surface area contributed by atoms with Crippen LogP contribution in [0.15, 0.2) is 53.1 Å². The van der Waals surface area contributed by atoms with Gasteiger partial charge in [0.2, 0.25) is 5.82 Å². The number of halogens is 2. The van der Waals surface area contributed by atoms with Gasteiger partial charge in [0, 0.05) is 31.7 Å². The Kier molecular flexibility index (Phi) is 4.77. The molecular weight excluding hydrogens is 371 g/mol. The highest BCUT2D eigenvalue weighted by Gasteiger charge is 2.26. The lowest BCUT2D eigenvalue weighted by atomic mass is 10.1. The van der Waals surface area contributed by atoms with Crippen molar-refractivity contribution in [1.82, 2.24) is 15.0 Å². The molecule has 6 nitrogen and oxygen atoms in total. The number of aromatic nitrogens is 2. The zero-order valence-electron chi connectivity index (χ0n) is 14.3. The molecule has 1 saturated heterocycles. The Balaban J connectivity index is 1.42. The van der Waals surface area contributed by atoms with Crippen molar-refractivity contribution < 1.29 is 13.7 Å². The largest absolute Gasteiger partial charge is 0.335 e. The van der Waals surface area contributed by atoms with Crippen LogP contribution in [0, 0.1) is 5.82 Å². The Morgan fingerprint density at radius 2 is 1.81 bits per heavy atom. The quantitative estimate of drug-likeness (QED) is 0.689. The van der Waals surface area contributed by atoms with Gasteiger partial charge in [-0.15, -0.1) is 0 Å². The summed E-state index contributed by atoms with van der Waals surface area (Å²) >= 11 is 6.00. The second-order valence-electron chi connectivity index (χ2n) is 6.17. The Morgan fingerprint density at radius 3 is 2.52 bits per heavy atom. The number of hydrogen-bond acceptors (Lipinski definition) is 5. The average Bonchev–Trinajstić information content (AvgIpc) is 3.19. The first kappa shape index (κ1) is 17.5. The number of amides is 1. The van der Waals surface area contributed by atoms with E-state index in [0.717, 1.165) is 11.6 Å². The third-order valence-corrected chi connectivity index (χ3v) is 4.76. The molecular formula is C19H16ClFN4O2. The molecule has 3 aromatic rings. The lowest BCUT2D eigenvalue weighted by Crippen LogP contribution is -2.49. The van der Waals surface area contributed by atoms with E-state index in [1.165, 1.54) is 12.1 Å². The van der Waals surface area contributed by atoms with Gasteiger partial charge >= 0.3 is 6.01 Å². The van der Waals surface area contributed by atoms with E-state index in [4.69, 9.17) is 16.1 Å². The van der Waals surface area contributed by atoms with Crippen LogP contribution in [-0.4, -0.2) is 47.1 Å². The summed E-state index contributed by atoms with van der Waals surface area (Å²) in [6.45, 7) is 2.08. The van der Waals surface area contributed by atoms with Crippen LogP contribution >= 0.6 is 11.6 Å². The fraction of sp³-hybridized carbons (Fsp3) is 0.211. The number of benzene rings is 2. The summed E-state index contributed by atoms with van der Waals surface area (Å²) in [7, 11) is 0. The molecule has 1 amide bonds. The average molecular weight is 387 g/mol. The van der Waals surface area contributed by atoms with Gasteiger partial charge in [-0.05, 0) is 18.2 Å². The number of carbonyl (C=O) groups excluding carboxylic acids is 1. The number of piperazine rings is 1. The molecule has 0 N–H and O–H groups in total. The summed E-state index contributed by atoms with van der Waals surface area (Å²) in [5, 5.41) is 4.14. The van der Waals surface area contributed by atoms with Crippen molar-refractivity contribution in [3.05, 3.63) is 64.9 Å². The minimum Gasteiger partial charge on any atom is -0.335 e. The normalized spacial score (nSPS) is 14.4. The molecule has 0 spiro atoms. The Labute approximate surface area is 160 Å². The monoisotopic (exact) mass is 386 g/mol. The molecule has 1 aliphatic rings. The van der Waals surface area contributed by atoms with Gasteiger partial charge in [0.1, 0.15) is 5.82 Å². The number of hydrogen-bond donors (Lipinski definition) is 0. The molecule has 2 heterocycles. The van der Waals surface area contributed by atoms with Crippen molar-refractivity contribution in [2.24, 2.45) is 0 Å². The van der Waals surface area contributed by atoms with Gasteiger partial charge in [-0.25, -0.2) is 4.39 Å². The van der Waals surface area contributed by atoms with Gasteiger partial charge < -0.3 is 14.3 Å². The van der Waals surface area contributed by atoms with Crippen LogP contribution < -0.4 is 4.90 Å². The second kappa shape index (κ2) is 7.36. The van der Waals surface area contributed by atoms with E-state index in [1.807, 2.05) is 35.2 Å². The lowest BCUT2D eigenvalue weighted by Gasteiger charge is -2.33. The van der Waals surface area contributed by atoms with Crippen LogP contribution in [0.25, 0.3) is 11.4 Å². The molecule has 0 saturated carbocycles. The fourth-order valence-corrected chi connectivity index (χ4v) is 3.23. The third kappa shape index (κ3) is 3.64. The predicted molar refractivity (Wildman–Crippen MR) is 99.3 cm³/mol. The standard InChI is InChI=1S/C19H16ClFN4O2/c20-16-12-14(21)6-7-15(16)18(26)24-8-10-25(11-9-24)19-22-17(23-27-19)13-4-2-1-3-5-13/h1-7,12H,8-11H2. The van der Waals surface area contributed by atoms with Gasteiger partial charge in [0.25, 0.3) is 5.91 Å². The molecule has 4 rings (SSSR count). The van der Waals surface area contributed by atoms with Crippen molar-refractivity contribution in [1.29, 1.82) is 0 Å². The Hall–Kier alpha value is -2.93. The first-order chi connectivity index (χ1) is 13.1. The summed E-state index contributed by atoms with van der Waals surface area (Å²) in [5.74, 6) is -0.149. The zero-order chi connectivity index (χ0) is 18.8. The SMILES string of the molecule is O=C(c1ccc(F)cc1Cl)N1CCN(c2nc(-c3ccccc3)no2)CC1. The van der Waals surface area contributed by atoms with Gasteiger partial charge in [-0.1, -0.05) is 47.1 Å². The van der Waals surface area contributed by atoms with Crippen molar-refractivity contribution in [2.45, 2.75) is 0 Å². The lowest BCUT2D eigenvalue weighted by molar-refractivity contribution is 0.0744. The van der Waals surface area contributed by atoms with Crippen LogP contribution in [0.4, 0.5) is 10.4 Å². The molecule has 0 radical (unpaired) electrons. The molecule has 1 aromatic heterocycles. The summed E-state index contributed by atoms with van der Waals surface area (Å²) in [6.07, 6.45) is 0. The molecule has 0 atom stereocenters. The van der Waals surface area contributed by atoms with Crippen molar-refractivity contribution in [3.63, 3.8) is 0 Å². The maximum Gasteiger partial charge on any atom is 0.324 e. The molecule has 1 fully saturated rings. The van der Waals surface area contributed by atoms with Crippen LogP contribution in [-0.2, 0) is 0 Å². The van der Waals surface area contributed by atoms with E-state index in [0.29, 0.717) is 43.6 Å². The van der Waals surface area contributed by atoms with Gasteiger partial charge in [-0.3, -0.25) is 4.79 Å². The first-order valence-electron chi connectivity index (χ1n) is 8.50. The Bertz CT molecular complexity index is 955. The first-order valence-corrected chi connectivity index (χ1v) is 8.88. The highest BCUT2D eigenvalue weighted by Crippen LogP contribution is 2.23. The zero-order valence-corrected chi connectivity index (χ0v) is 15.1. The number of nitrogens with zero attached hydrogens (tertiary/aromatic N) is 4. The summed E-state index contributed by atoms with van der Waals surface area (Å²) in [4.78, 5) is 20.7. The summed E-state index contributed by atoms with van der Waals surface area (Å²) in [5.41, 5.74) is 1.18. The number of rotatable bonds is 3. The van der Waals surface area contributed by atoms with Crippen molar-refractivity contribution >= 4 is 23.5 Å². The van der Waals surface area contributed by atoms with E-state index in [2.05, 4.69) is 10.1 Å². The molecule has 0 aliphatic carbocycles. The molecule has 1 aliphatic heterocycles. The maximum atomic E-state index is 13.2. The summed E-state index contributed by atoms with van der Waals surface area (Å²) in [6, 6.07) is 13.8. The molecule has 27 heavy (non-hydrogen) atoms. The number of carbonyl (C=O) groups is 1. The van der Waals surface area contributed by atoms with E-state index in [-0.39, 0.29) is 10.9 Å². The third-order valence-electron chi connectivity index (χ3n) is 4.45. The van der Waals surface area contributed by atoms with Crippen LogP contribution in [0.2, 0.25) is 5.02 Å². The van der Waals surface area contributed by atoms with Gasteiger partial charge in [0.05, 0.1) is 10.6 Å². The van der Waals surface area contributed by atoms with Crippen LogP contribution in [0.5, 0.6) is 0 Å². The van der Waals surface area contributed by atoms with E-state index >= 15 is 0 Å². The van der Waals surface area contributed by atoms with Crippen molar-refractivity contribution in [3.8, 4) is 11.4 Å². The van der Waals surface area contributed by atoms with Crippen LogP contribution in [0.3, 0.4) is 0 Å². The number of anilines is 1. The molecule has 2 aromatic carbocycles. The molecule has 0 unspecified atom stereocenters. The topological polar surface area (TPSA) is 62.5 Å². The second-order valence-corrected chi connectivity index (χ2v) is 6.58. The summed E-state index contributed by atoms with van der Waals surface area (Å²) < 4.78 is 18.5. The predicted octanol–water partition coefficient (Wildman–Crippen LogP) is 3.49. The highest BCUT2D eigenvalue weighted by molar-refractivity contribution is 6.33. The van der Waals surface area contributed by atoms with Gasteiger partial charge in [0.15, 0.2) is 0 Å². The van der Waals surface area contributed by atoms with Crippen LogP contribution in [0.1, 0.15) is 10.4 Å². The smallest absolute Gasteiger partial charge is 0.324 e. The van der Waals surface area contributed by atoms with Crippen molar-refractivity contribution in [2.75, 3.05) is 31.1 Å².